The molecule has 0 bridgehead atoms. The maximum Gasteiger partial charge on any atom is 0.275 e. The molecule has 37 heavy (non-hydrogen) atoms. The summed E-state index contributed by atoms with van der Waals surface area (Å²) in [6.45, 7) is 2.12. The van der Waals surface area contributed by atoms with Crippen molar-refractivity contribution in [2.24, 2.45) is 0 Å². The SMILES string of the molecule is COc1ccc(-c2cc(-c3ccccc3)nn(CC(=O)N3CCN(c4ccc(F)cc4)CC3)c2=O)cc1. The quantitative estimate of drug-likeness (QED) is 0.401. The fourth-order valence-corrected chi connectivity index (χ4v) is 4.47. The third-order valence-electron chi connectivity index (χ3n) is 6.55. The molecule has 2 heterocycles. The molecule has 0 spiro atoms. The minimum atomic E-state index is -0.330. The van der Waals surface area contributed by atoms with Gasteiger partial charge in [0.05, 0.1) is 18.4 Å². The van der Waals surface area contributed by atoms with Crippen LogP contribution in [0.4, 0.5) is 10.1 Å². The van der Waals surface area contributed by atoms with Crippen LogP contribution in [0.15, 0.2) is 89.7 Å². The van der Waals surface area contributed by atoms with Gasteiger partial charge in [-0.25, -0.2) is 9.07 Å². The van der Waals surface area contributed by atoms with Crippen molar-refractivity contribution in [2.45, 2.75) is 6.54 Å². The van der Waals surface area contributed by atoms with E-state index < -0.39 is 0 Å². The van der Waals surface area contributed by atoms with E-state index >= 15 is 0 Å². The predicted molar refractivity (Wildman–Crippen MR) is 141 cm³/mol. The number of nitrogens with zero attached hydrogens (tertiary/aromatic N) is 4. The summed E-state index contributed by atoms with van der Waals surface area (Å²) >= 11 is 0. The second kappa shape index (κ2) is 10.7. The number of carbonyl (C=O) groups is 1. The maximum atomic E-state index is 13.4. The molecule has 7 nitrogen and oxygen atoms in total. The molecule has 0 unspecified atom stereocenters. The van der Waals surface area contributed by atoms with Gasteiger partial charge in [-0.1, -0.05) is 42.5 Å². The Balaban J connectivity index is 1.39. The van der Waals surface area contributed by atoms with E-state index in [0.717, 1.165) is 16.8 Å². The molecule has 1 amide bonds. The molecule has 3 aromatic carbocycles. The number of hydrogen-bond donors (Lipinski definition) is 0. The molecule has 0 N–H and O–H groups in total. The van der Waals surface area contributed by atoms with E-state index in [2.05, 4.69) is 10.00 Å². The Morgan fingerprint density at radius 2 is 1.57 bits per heavy atom. The van der Waals surface area contributed by atoms with Crippen LogP contribution in [0.3, 0.4) is 0 Å². The van der Waals surface area contributed by atoms with E-state index in [1.807, 2.05) is 42.5 Å². The number of amides is 1. The number of piperazine rings is 1. The van der Waals surface area contributed by atoms with Crippen LogP contribution in [-0.2, 0) is 11.3 Å². The van der Waals surface area contributed by atoms with E-state index in [0.29, 0.717) is 43.2 Å². The van der Waals surface area contributed by atoms with Crippen LogP contribution in [0.25, 0.3) is 22.4 Å². The molecule has 1 fully saturated rings. The van der Waals surface area contributed by atoms with E-state index in [4.69, 9.17) is 4.74 Å². The normalized spacial score (nSPS) is 13.5. The average Bonchev–Trinajstić information content (AvgIpc) is 2.95. The lowest BCUT2D eigenvalue weighted by Gasteiger charge is -2.36. The molecule has 188 valence electrons. The van der Waals surface area contributed by atoms with E-state index in [1.165, 1.54) is 16.8 Å². The van der Waals surface area contributed by atoms with Crippen LogP contribution >= 0.6 is 0 Å². The standard InChI is InChI=1S/C29H27FN4O3/c1-37-25-13-7-21(8-14-25)26-19-27(22-5-3-2-4-6-22)31-34(29(26)36)20-28(35)33-17-15-32(16-18-33)24-11-9-23(30)10-12-24/h2-14,19H,15-18,20H2,1H3. The lowest BCUT2D eigenvalue weighted by Crippen LogP contribution is -2.50. The Hall–Kier alpha value is -4.46. The van der Waals surface area contributed by atoms with Crippen molar-refractivity contribution in [1.82, 2.24) is 14.7 Å². The van der Waals surface area contributed by atoms with Gasteiger partial charge >= 0.3 is 0 Å². The van der Waals surface area contributed by atoms with Crippen molar-refractivity contribution in [3.8, 4) is 28.1 Å². The lowest BCUT2D eigenvalue weighted by atomic mass is 10.0. The molecule has 0 radical (unpaired) electrons. The third kappa shape index (κ3) is 5.38. The number of hydrogen-bond acceptors (Lipinski definition) is 5. The van der Waals surface area contributed by atoms with E-state index in [1.54, 1.807) is 42.3 Å². The van der Waals surface area contributed by atoms with E-state index in [9.17, 15) is 14.0 Å². The number of carbonyl (C=O) groups excluding carboxylic acids is 1. The molecule has 0 aliphatic carbocycles. The van der Waals surface area contributed by atoms with Gasteiger partial charge in [0.15, 0.2) is 0 Å². The summed E-state index contributed by atoms with van der Waals surface area (Å²) in [6.07, 6.45) is 0. The van der Waals surface area contributed by atoms with Gasteiger partial charge in [0.25, 0.3) is 5.56 Å². The van der Waals surface area contributed by atoms with Crippen molar-refractivity contribution in [3.63, 3.8) is 0 Å². The molecule has 1 aromatic heterocycles. The molecule has 8 heteroatoms. The Kier molecular flexibility index (Phi) is 6.98. The highest BCUT2D eigenvalue weighted by Gasteiger charge is 2.23. The highest BCUT2D eigenvalue weighted by atomic mass is 19.1. The zero-order valence-corrected chi connectivity index (χ0v) is 20.5. The van der Waals surface area contributed by atoms with Gasteiger partial charge in [0, 0.05) is 37.4 Å². The van der Waals surface area contributed by atoms with Gasteiger partial charge in [-0.3, -0.25) is 9.59 Å². The Bertz CT molecular complexity index is 1430. The number of rotatable bonds is 6. The molecule has 0 atom stereocenters. The number of ether oxygens (including phenoxy) is 1. The van der Waals surface area contributed by atoms with Crippen LogP contribution < -0.4 is 15.2 Å². The summed E-state index contributed by atoms with van der Waals surface area (Å²) in [4.78, 5) is 30.5. The van der Waals surface area contributed by atoms with Crippen LogP contribution in [0, 0.1) is 5.82 Å². The monoisotopic (exact) mass is 498 g/mol. The zero-order valence-electron chi connectivity index (χ0n) is 20.5. The second-order valence-corrected chi connectivity index (χ2v) is 8.84. The molecule has 4 aromatic rings. The third-order valence-corrected chi connectivity index (χ3v) is 6.55. The van der Waals surface area contributed by atoms with Gasteiger partial charge in [-0.05, 0) is 48.0 Å². The van der Waals surface area contributed by atoms with Crippen molar-refractivity contribution in [2.75, 3.05) is 38.2 Å². The summed E-state index contributed by atoms with van der Waals surface area (Å²) in [7, 11) is 1.59. The number of benzene rings is 3. The predicted octanol–water partition coefficient (Wildman–Crippen LogP) is 4.07. The van der Waals surface area contributed by atoms with Gasteiger partial charge in [-0.15, -0.1) is 0 Å². The fraction of sp³-hybridized carbons (Fsp3) is 0.207. The van der Waals surface area contributed by atoms with Crippen molar-refractivity contribution >= 4 is 11.6 Å². The Morgan fingerprint density at radius 3 is 2.22 bits per heavy atom. The largest absolute Gasteiger partial charge is 0.497 e. The molecular weight excluding hydrogens is 471 g/mol. The summed E-state index contributed by atoms with van der Waals surface area (Å²) in [5.41, 5.74) is 3.24. The molecule has 1 saturated heterocycles. The number of aromatic nitrogens is 2. The molecule has 1 aliphatic rings. The summed E-state index contributed by atoms with van der Waals surface area (Å²) in [5, 5.41) is 4.55. The topological polar surface area (TPSA) is 67.7 Å². The van der Waals surface area contributed by atoms with Gasteiger partial charge < -0.3 is 14.5 Å². The summed E-state index contributed by atoms with van der Waals surface area (Å²) < 4.78 is 19.8. The molecule has 5 rings (SSSR count). The van der Waals surface area contributed by atoms with Gasteiger partial charge in [0.2, 0.25) is 5.91 Å². The van der Waals surface area contributed by atoms with Crippen LogP contribution in [-0.4, -0.2) is 53.9 Å². The smallest absolute Gasteiger partial charge is 0.275 e. The maximum absolute atomic E-state index is 13.4. The second-order valence-electron chi connectivity index (χ2n) is 8.84. The first-order valence-corrected chi connectivity index (χ1v) is 12.1. The zero-order chi connectivity index (χ0) is 25.8. The Labute approximate surface area is 214 Å². The number of methoxy groups -OCH3 is 1. The van der Waals surface area contributed by atoms with Crippen LogP contribution in [0.1, 0.15) is 0 Å². The highest BCUT2D eigenvalue weighted by molar-refractivity contribution is 5.77. The number of halogens is 1. The van der Waals surface area contributed by atoms with Crippen molar-refractivity contribution in [3.05, 3.63) is 101 Å². The Morgan fingerprint density at radius 1 is 0.892 bits per heavy atom. The number of anilines is 1. The first-order valence-electron chi connectivity index (χ1n) is 12.1. The molecule has 1 aliphatic heterocycles. The van der Waals surface area contributed by atoms with Crippen LogP contribution in [0.5, 0.6) is 5.75 Å². The van der Waals surface area contributed by atoms with Gasteiger partial charge in [-0.2, -0.15) is 5.10 Å². The fourth-order valence-electron chi connectivity index (χ4n) is 4.47. The first kappa shape index (κ1) is 24.2. The summed E-state index contributed by atoms with van der Waals surface area (Å²) in [6, 6.07) is 24.9. The minimum absolute atomic E-state index is 0.154. The average molecular weight is 499 g/mol. The van der Waals surface area contributed by atoms with E-state index in [-0.39, 0.29) is 23.8 Å². The summed E-state index contributed by atoms with van der Waals surface area (Å²) in [5.74, 6) is 0.248. The molecular formula is C29H27FN4O3. The van der Waals surface area contributed by atoms with Gasteiger partial charge in [0.1, 0.15) is 18.1 Å². The highest BCUT2D eigenvalue weighted by Crippen LogP contribution is 2.24. The van der Waals surface area contributed by atoms with Crippen molar-refractivity contribution < 1.29 is 13.9 Å². The minimum Gasteiger partial charge on any atom is -0.497 e. The molecule has 0 saturated carbocycles. The first-order chi connectivity index (χ1) is 18.0. The van der Waals surface area contributed by atoms with Crippen molar-refractivity contribution in [1.29, 1.82) is 0 Å². The lowest BCUT2D eigenvalue weighted by molar-refractivity contribution is -0.132. The van der Waals surface area contributed by atoms with Crippen LogP contribution in [0.2, 0.25) is 0 Å².